The number of aromatic nitrogens is 2. The third kappa shape index (κ3) is 2.41. The van der Waals surface area contributed by atoms with Gasteiger partial charge in [0, 0.05) is 21.7 Å². The number of benzene rings is 5. The third-order valence-corrected chi connectivity index (χ3v) is 7.34. The molecule has 0 saturated heterocycles. The number of fused-ring (bicyclic) bond motifs is 5. The van der Waals surface area contributed by atoms with Gasteiger partial charge in [0.2, 0.25) is 0 Å². The average Bonchev–Trinajstić information content (AvgIpc) is 3.32. The van der Waals surface area contributed by atoms with E-state index >= 15 is 0 Å². The van der Waals surface area contributed by atoms with Crippen molar-refractivity contribution in [3.8, 4) is 11.3 Å². The number of aryl methyl sites for hydroxylation is 2. The van der Waals surface area contributed by atoms with Crippen LogP contribution in [0.3, 0.4) is 0 Å². The summed E-state index contributed by atoms with van der Waals surface area (Å²) in [6, 6.07) is 29.0. The minimum Gasteiger partial charge on any atom is -0.292 e. The predicted octanol–water partition coefficient (Wildman–Crippen LogP) is 8.18. The summed E-state index contributed by atoms with van der Waals surface area (Å²) in [4.78, 5) is 5.04. The molecule has 158 valence electrons. The molecule has 0 spiro atoms. The maximum absolute atomic E-state index is 5.04. The minimum absolute atomic E-state index is 1.00. The van der Waals surface area contributed by atoms with Crippen molar-refractivity contribution >= 4 is 48.9 Å². The molecule has 0 bridgehead atoms. The fourth-order valence-electron chi connectivity index (χ4n) is 5.85. The molecule has 5 aromatic carbocycles. The first kappa shape index (κ1) is 18.6. The van der Waals surface area contributed by atoms with Gasteiger partial charge in [-0.3, -0.25) is 4.40 Å². The summed E-state index contributed by atoms with van der Waals surface area (Å²) in [7, 11) is 0. The molecule has 0 atom stereocenters. The molecule has 0 aliphatic rings. The minimum atomic E-state index is 1.00. The lowest BCUT2D eigenvalue weighted by molar-refractivity contribution is 1.08. The lowest BCUT2D eigenvalue weighted by Gasteiger charge is -2.18. The molecule has 0 N–H and O–H groups in total. The van der Waals surface area contributed by atoms with Crippen molar-refractivity contribution in [2.75, 3.05) is 0 Å². The van der Waals surface area contributed by atoms with Gasteiger partial charge in [-0.15, -0.1) is 0 Å². The van der Waals surface area contributed by atoms with Crippen LogP contribution in [0.25, 0.3) is 60.1 Å². The maximum atomic E-state index is 5.04. The van der Waals surface area contributed by atoms with Crippen molar-refractivity contribution in [2.45, 2.75) is 26.7 Å². The lowest BCUT2D eigenvalue weighted by Crippen LogP contribution is -2.00. The first-order valence-electron chi connectivity index (χ1n) is 11.9. The van der Waals surface area contributed by atoms with Gasteiger partial charge >= 0.3 is 0 Å². The molecule has 7 rings (SSSR count). The highest BCUT2D eigenvalue weighted by Crippen LogP contribution is 2.42. The van der Waals surface area contributed by atoms with Crippen molar-refractivity contribution in [1.29, 1.82) is 0 Å². The second kappa shape index (κ2) is 6.79. The summed E-state index contributed by atoms with van der Waals surface area (Å²) in [5.74, 6) is 0. The Labute approximate surface area is 192 Å². The number of imidazole rings is 1. The molecule has 0 aliphatic heterocycles. The molecular formula is C31H24N2. The molecule has 2 heterocycles. The van der Waals surface area contributed by atoms with Crippen molar-refractivity contribution in [1.82, 2.24) is 9.38 Å². The Kier molecular flexibility index (Phi) is 3.84. The van der Waals surface area contributed by atoms with Crippen LogP contribution in [0.4, 0.5) is 0 Å². The van der Waals surface area contributed by atoms with E-state index in [-0.39, 0.29) is 0 Å². The second-order valence-corrected chi connectivity index (χ2v) is 8.97. The molecule has 2 nitrogen and oxygen atoms in total. The standard InChI is InChI=1S/C31H24N2/c1-3-19-10-7-11-20(4-2)28(19)27-18-32-31-25-14-8-12-21-15-16-24-23-13-6-5-9-22(23)17-26(33(27)31)30(24)29(21)25/h5-18H,3-4H2,1-2H3. The fraction of sp³-hybridized carbons (Fsp3) is 0.129. The molecule has 0 saturated carbocycles. The van der Waals surface area contributed by atoms with Crippen LogP contribution in [0.15, 0.2) is 85.1 Å². The summed E-state index contributed by atoms with van der Waals surface area (Å²) in [5.41, 5.74) is 7.58. The van der Waals surface area contributed by atoms with Crippen molar-refractivity contribution in [2.24, 2.45) is 0 Å². The van der Waals surface area contributed by atoms with E-state index in [2.05, 4.69) is 103 Å². The highest BCUT2D eigenvalue weighted by atomic mass is 15.0. The number of rotatable bonds is 3. The van der Waals surface area contributed by atoms with Crippen LogP contribution in [0.5, 0.6) is 0 Å². The first-order valence-corrected chi connectivity index (χ1v) is 11.9. The van der Waals surface area contributed by atoms with Crippen LogP contribution in [0.2, 0.25) is 0 Å². The van der Waals surface area contributed by atoms with E-state index < -0.39 is 0 Å². The number of nitrogens with zero attached hydrogens (tertiary/aromatic N) is 2. The van der Waals surface area contributed by atoms with E-state index in [0.29, 0.717) is 0 Å². The topological polar surface area (TPSA) is 17.3 Å². The van der Waals surface area contributed by atoms with Crippen LogP contribution in [0.1, 0.15) is 25.0 Å². The largest absolute Gasteiger partial charge is 0.292 e. The van der Waals surface area contributed by atoms with Gasteiger partial charge in [-0.2, -0.15) is 0 Å². The van der Waals surface area contributed by atoms with Crippen LogP contribution >= 0.6 is 0 Å². The van der Waals surface area contributed by atoms with E-state index in [4.69, 9.17) is 4.98 Å². The molecule has 2 aromatic heterocycles. The van der Waals surface area contributed by atoms with Crippen LogP contribution in [-0.2, 0) is 12.8 Å². The zero-order valence-electron chi connectivity index (χ0n) is 18.9. The fourth-order valence-corrected chi connectivity index (χ4v) is 5.85. The maximum Gasteiger partial charge on any atom is 0.145 e. The van der Waals surface area contributed by atoms with Gasteiger partial charge in [0.05, 0.1) is 17.4 Å². The SMILES string of the molecule is CCc1cccc(CC)c1-c1cnc2c3cccc4ccc5c6ccccc6cc(c5c43)n12. The number of pyridine rings is 1. The summed E-state index contributed by atoms with van der Waals surface area (Å²) >= 11 is 0. The summed E-state index contributed by atoms with van der Waals surface area (Å²) in [6.45, 7) is 4.49. The van der Waals surface area contributed by atoms with E-state index in [1.54, 1.807) is 0 Å². The predicted molar refractivity (Wildman–Crippen MR) is 141 cm³/mol. The Bertz CT molecular complexity index is 1820. The van der Waals surface area contributed by atoms with Gasteiger partial charge in [-0.1, -0.05) is 86.6 Å². The number of hydrogen-bond acceptors (Lipinski definition) is 1. The molecule has 7 aromatic rings. The van der Waals surface area contributed by atoms with Crippen molar-refractivity contribution in [3.63, 3.8) is 0 Å². The Balaban J connectivity index is 1.79. The average molecular weight is 425 g/mol. The molecule has 33 heavy (non-hydrogen) atoms. The van der Waals surface area contributed by atoms with E-state index in [1.807, 2.05) is 0 Å². The van der Waals surface area contributed by atoms with Gasteiger partial charge in [0.1, 0.15) is 5.65 Å². The first-order chi connectivity index (χ1) is 16.3. The van der Waals surface area contributed by atoms with Crippen molar-refractivity contribution in [3.05, 3.63) is 96.2 Å². The van der Waals surface area contributed by atoms with E-state index in [9.17, 15) is 0 Å². The Morgan fingerprint density at radius 2 is 1.39 bits per heavy atom. The van der Waals surface area contributed by atoms with Crippen LogP contribution in [0, 0.1) is 0 Å². The van der Waals surface area contributed by atoms with Crippen LogP contribution in [-0.4, -0.2) is 9.38 Å². The van der Waals surface area contributed by atoms with Crippen molar-refractivity contribution < 1.29 is 0 Å². The number of hydrogen-bond donors (Lipinski definition) is 0. The zero-order valence-corrected chi connectivity index (χ0v) is 18.9. The highest BCUT2D eigenvalue weighted by molar-refractivity contribution is 6.30. The van der Waals surface area contributed by atoms with Gasteiger partial charge in [-0.05, 0) is 51.6 Å². The summed E-state index contributed by atoms with van der Waals surface area (Å²) in [6.07, 6.45) is 4.10. The zero-order chi connectivity index (χ0) is 22.1. The molecular weight excluding hydrogens is 400 g/mol. The molecule has 0 fully saturated rings. The molecule has 0 unspecified atom stereocenters. The van der Waals surface area contributed by atoms with Gasteiger partial charge < -0.3 is 0 Å². The normalized spacial score (nSPS) is 12.2. The summed E-state index contributed by atoms with van der Waals surface area (Å²) < 4.78 is 2.42. The van der Waals surface area contributed by atoms with Crippen LogP contribution < -0.4 is 0 Å². The summed E-state index contributed by atoms with van der Waals surface area (Å²) in [5, 5.41) is 9.04. The molecule has 0 radical (unpaired) electrons. The van der Waals surface area contributed by atoms with Gasteiger partial charge in [0.25, 0.3) is 0 Å². The second-order valence-electron chi connectivity index (χ2n) is 8.97. The van der Waals surface area contributed by atoms with E-state index in [0.717, 1.165) is 18.5 Å². The third-order valence-electron chi connectivity index (χ3n) is 7.34. The van der Waals surface area contributed by atoms with E-state index in [1.165, 1.54) is 65.6 Å². The lowest BCUT2D eigenvalue weighted by atomic mass is 9.92. The Morgan fingerprint density at radius 3 is 2.21 bits per heavy atom. The smallest absolute Gasteiger partial charge is 0.145 e. The Morgan fingerprint density at radius 1 is 0.667 bits per heavy atom. The molecule has 0 aliphatic carbocycles. The highest BCUT2D eigenvalue weighted by Gasteiger charge is 2.20. The van der Waals surface area contributed by atoms with Gasteiger partial charge in [-0.25, -0.2) is 4.98 Å². The quantitative estimate of drug-likeness (QED) is 0.206. The van der Waals surface area contributed by atoms with Gasteiger partial charge in [0.15, 0.2) is 0 Å². The Hall–Kier alpha value is -3.91. The molecule has 2 heteroatoms. The monoisotopic (exact) mass is 424 g/mol. The molecule has 0 amide bonds.